The topological polar surface area (TPSA) is 61.9 Å². The molecule has 1 aliphatic heterocycles. The van der Waals surface area contributed by atoms with Gasteiger partial charge in [0.2, 0.25) is 0 Å². The molecule has 0 radical (unpaired) electrons. The number of halogens is 1. The molecule has 1 heterocycles. The summed E-state index contributed by atoms with van der Waals surface area (Å²) in [5.41, 5.74) is 0.539. The first kappa shape index (κ1) is 21.4. The van der Waals surface area contributed by atoms with Crippen LogP contribution in [0.2, 0.25) is 0 Å². The van der Waals surface area contributed by atoms with Crippen LogP contribution in [0.15, 0.2) is 60.7 Å². The highest BCUT2D eigenvalue weighted by atomic mass is 19.1. The Morgan fingerprint density at radius 2 is 1.76 bits per heavy atom. The van der Waals surface area contributed by atoms with Crippen molar-refractivity contribution in [2.75, 3.05) is 13.8 Å². The van der Waals surface area contributed by atoms with Gasteiger partial charge in [-0.1, -0.05) is 30.3 Å². The van der Waals surface area contributed by atoms with Crippen molar-refractivity contribution < 1.29 is 18.7 Å². The molecule has 0 bridgehead atoms. The van der Waals surface area contributed by atoms with Crippen molar-refractivity contribution in [3.05, 3.63) is 77.6 Å². The van der Waals surface area contributed by atoms with Gasteiger partial charge in [0.1, 0.15) is 17.1 Å². The highest BCUT2D eigenvalue weighted by Gasteiger charge is 2.50. The largest absolute Gasteiger partial charge is 0.497 e. The van der Waals surface area contributed by atoms with Crippen molar-refractivity contribution in [3.63, 3.8) is 0 Å². The Morgan fingerprint density at radius 3 is 2.45 bits per heavy atom. The molecule has 0 spiro atoms. The Morgan fingerprint density at radius 1 is 1.06 bits per heavy atom. The van der Waals surface area contributed by atoms with Gasteiger partial charge in [0.15, 0.2) is 0 Å². The van der Waals surface area contributed by atoms with Crippen LogP contribution in [0.5, 0.6) is 5.75 Å². The Labute approximate surface area is 191 Å². The van der Waals surface area contributed by atoms with Gasteiger partial charge in [-0.15, -0.1) is 0 Å². The number of carbonyl (C=O) groups is 2. The quantitative estimate of drug-likeness (QED) is 0.546. The average molecular weight is 448 g/mol. The summed E-state index contributed by atoms with van der Waals surface area (Å²) in [6.45, 7) is 2.50. The number of methoxy groups -OCH3 is 1. The van der Waals surface area contributed by atoms with Crippen LogP contribution in [-0.4, -0.2) is 41.6 Å². The molecule has 33 heavy (non-hydrogen) atoms. The maximum Gasteiger partial charge on any atom is 0.326 e. The van der Waals surface area contributed by atoms with Gasteiger partial charge in [-0.3, -0.25) is 9.69 Å². The molecule has 3 amide bonds. The number of ether oxygens (including phenoxy) is 1. The van der Waals surface area contributed by atoms with E-state index in [2.05, 4.69) is 10.2 Å². The zero-order valence-corrected chi connectivity index (χ0v) is 18.7. The zero-order chi connectivity index (χ0) is 23.2. The molecule has 6 nitrogen and oxygen atoms in total. The Balaban J connectivity index is 1.38. The number of urea groups is 1. The molecule has 1 saturated carbocycles. The van der Waals surface area contributed by atoms with E-state index in [0.717, 1.165) is 40.5 Å². The van der Waals surface area contributed by atoms with E-state index < -0.39 is 11.6 Å². The lowest BCUT2D eigenvalue weighted by Gasteiger charge is -2.27. The average Bonchev–Trinajstić information content (AvgIpc) is 3.64. The minimum atomic E-state index is -1.14. The lowest BCUT2D eigenvalue weighted by atomic mass is 9.90. The van der Waals surface area contributed by atoms with E-state index >= 15 is 0 Å². The van der Waals surface area contributed by atoms with Crippen molar-refractivity contribution in [2.24, 2.45) is 0 Å². The molecule has 0 unspecified atom stereocenters. The lowest BCUT2D eigenvalue weighted by molar-refractivity contribution is -0.132. The van der Waals surface area contributed by atoms with Gasteiger partial charge in [0, 0.05) is 12.6 Å². The summed E-state index contributed by atoms with van der Waals surface area (Å²) in [4.78, 5) is 29.8. The first-order valence-corrected chi connectivity index (χ1v) is 11.1. The zero-order valence-electron chi connectivity index (χ0n) is 18.7. The predicted molar refractivity (Wildman–Crippen MR) is 123 cm³/mol. The maximum atomic E-state index is 13.5. The number of rotatable bonds is 7. The van der Waals surface area contributed by atoms with Crippen molar-refractivity contribution in [2.45, 2.75) is 37.9 Å². The molecule has 1 N–H and O–H groups in total. The number of benzene rings is 3. The molecule has 1 saturated heterocycles. The number of hydrogen-bond acceptors (Lipinski definition) is 4. The van der Waals surface area contributed by atoms with Crippen molar-refractivity contribution >= 4 is 22.7 Å². The lowest BCUT2D eigenvalue weighted by Crippen LogP contribution is -2.44. The third kappa shape index (κ3) is 4.04. The Hall–Kier alpha value is -3.45. The summed E-state index contributed by atoms with van der Waals surface area (Å²) in [5, 5.41) is 4.86. The summed E-state index contributed by atoms with van der Waals surface area (Å²) in [6.07, 6.45) is 2.05. The minimum Gasteiger partial charge on any atom is -0.497 e. The van der Waals surface area contributed by atoms with Crippen LogP contribution in [0.25, 0.3) is 10.8 Å². The molecule has 1 atom stereocenters. The summed E-state index contributed by atoms with van der Waals surface area (Å²) in [5.74, 6) is 0.208. The van der Waals surface area contributed by atoms with Gasteiger partial charge in [-0.25, -0.2) is 14.1 Å². The molecule has 2 aliphatic rings. The first-order valence-electron chi connectivity index (χ1n) is 11.1. The fourth-order valence-electron chi connectivity index (χ4n) is 4.42. The smallest absolute Gasteiger partial charge is 0.326 e. The second-order valence-electron chi connectivity index (χ2n) is 8.96. The van der Waals surface area contributed by atoms with Crippen molar-refractivity contribution in [3.8, 4) is 5.75 Å². The molecule has 5 rings (SSSR count). The van der Waals surface area contributed by atoms with Crippen LogP contribution in [0.3, 0.4) is 0 Å². The first-order chi connectivity index (χ1) is 15.9. The van der Waals surface area contributed by atoms with Gasteiger partial charge < -0.3 is 10.1 Å². The van der Waals surface area contributed by atoms with E-state index in [1.165, 1.54) is 17.0 Å². The van der Waals surface area contributed by atoms with Gasteiger partial charge in [0.05, 0.1) is 13.8 Å². The van der Waals surface area contributed by atoms with Crippen molar-refractivity contribution in [1.29, 1.82) is 0 Å². The number of amides is 3. The Kier molecular flexibility index (Phi) is 5.29. The summed E-state index contributed by atoms with van der Waals surface area (Å²) >= 11 is 0. The van der Waals surface area contributed by atoms with E-state index in [9.17, 15) is 14.0 Å². The summed E-state index contributed by atoms with van der Waals surface area (Å²) < 4.78 is 18.6. The molecule has 3 aromatic carbocycles. The van der Waals surface area contributed by atoms with Gasteiger partial charge in [-0.05, 0) is 72.0 Å². The molecule has 170 valence electrons. The van der Waals surface area contributed by atoms with Crippen molar-refractivity contribution in [1.82, 2.24) is 15.1 Å². The number of nitrogens with zero attached hydrogens (tertiary/aromatic N) is 2. The molecule has 2 fully saturated rings. The van der Waals surface area contributed by atoms with Crippen LogP contribution in [0, 0.1) is 5.82 Å². The highest BCUT2D eigenvalue weighted by molar-refractivity contribution is 6.07. The SMILES string of the molecule is COc1ccc2cc([C@]3(C)NC(=O)N(CN(Cc4ccc(F)cc4)C4CC4)C3=O)ccc2c1. The summed E-state index contributed by atoms with van der Waals surface area (Å²) in [6, 6.07) is 17.8. The second kappa shape index (κ2) is 8.15. The molecular weight excluding hydrogens is 421 g/mol. The molecule has 0 aromatic heterocycles. The Bertz CT molecular complexity index is 1230. The van der Waals surface area contributed by atoms with Crippen LogP contribution in [0.1, 0.15) is 30.9 Å². The number of imide groups is 1. The minimum absolute atomic E-state index is 0.201. The number of carbonyl (C=O) groups excluding carboxylic acids is 2. The normalized spacial score (nSPS) is 20.5. The van der Waals surface area contributed by atoms with E-state index in [1.807, 2.05) is 36.4 Å². The molecule has 1 aliphatic carbocycles. The maximum absolute atomic E-state index is 13.5. The monoisotopic (exact) mass is 447 g/mol. The number of nitrogens with one attached hydrogen (secondary N) is 1. The standard InChI is InChI=1S/C26H26FN3O3/c1-26(20-7-5-19-14-23(33-2)12-6-18(19)13-20)24(31)30(25(32)28-26)16-29(22-10-11-22)15-17-3-8-21(27)9-4-17/h3-9,12-14,22H,10-11,15-16H2,1-2H3,(H,28,32)/t26-/m0/s1. The molecule has 3 aromatic rings. The van der Waals surface area contributed by atoms with E-state index in [-0.39, 0.29) is 18.4 Å². The van der Waals surface area contributed by atoms with Crippen LogP contribution < -0.4 is 10.1 Å². The van der Waals surface area contributed by atoms with Gasteiger partial charge >= 0.3 is 6.03 Å². The van der Waals surface area contributed by atoms with Crippen LogP contribution >= 0.6 is 0 Å². The molecule has 7 heteroatoms. The predicted octanol–water partition coefficient (Wildman–Crippen LogP) is 4.38. The highest BCUT2D eigenvalue weighted by Crippen LogP contribution is 2.34. The van der Waals surface area contributed by atoms with Gasteiger partial charge in [-0.2, -0.15) is 0 Å². The van der Waals surface area contributed by atoms with E-state index in [1.54, 1.807) is 26.2 Å². The number of fused-ring (bicyclic) bond motifs is 1. The third-order valence-electron chi connectivity index (χ3n) is 6.58. The fraction of sp³-hybridized carbons (Fsp3) is 0.308. The van der Waals surface area contributed by atoms with Crippen LogP contribution in [-0.2, 0) is 16.9 Å². The van der Waals surface area contributed by atoms with Gasteiger partial charge in [0.25, 0.3) is 5.91 Å². The fourth-order valence-corrected chi connectivity index (χ4v) is 4.42. The van der Waals surface area contributed by atoms with Crippen LogP contribution in [0.4, 0.5) is 9.18 Å². The van der Waals surface area contributed by atoms with E-state index in [0.29, 0.717) is 12.6 Å². The summed E-state index contributed by atoms with van der Waals surface area (Å²) in [7, 11) is 1.62. The van der Waals surface area contributed by atoms with E-state index in [4.69, 9.17) is 4.74 Å². The molecular formula is C26H26FN3O3. The number of hydrogen-bond donors (Lipinski definition) is 1. The second-order valence-corrected chi connectivity index (χ2v) is 8.96. The third-order valence-corrected chi connectivity index (χ3v) is 6.58.